The van der Waals surface area contributed by atoms with Crippen molar-refractivity contribution in [1.82, 2.24) is 20.2 Å². The van der Waals surface area contributed by atoms with E-state index in [0.717, 1.165) is 0 Å². The summed E-state index contributed by atoms with van der Waals surface area (Å²) < 4.78 is 26.0. The van der Waals surface area contributed by atoms with Crippen molar-refractivity contribution in [2.24, 2.45) is 0 Å². The maximum absolute atomic E-state index is 11.9. The molecule has 17 heavy (non-hydrogen) atoms. The van der Waals surface area contributed by atoms with Crippen LogP contribution < -0.4 is 4.72 Å². The van der Waals surface area contributed by atoms with E-state index in [9.17, 15) is 8.42 Å². The summed E-state index contributed by atoms with van der Waals surface area (Å²) in [5, 5.41) is 6.33. The van der Waals surface area contributed by atoms with E-state index >= 15 is 0 Å². The molecule has 0 aliphatic heterocycles. The zero-order chi connectivity index (χ0) is 12.5. The number of anilines is 1. The first kappa shape index (κ1) is 11.8. The number of aromatic nitrogens is 4. The second-order valence-electron chi connectivity index (χ2n) is 3.17. The number of hydrogen-bond acceptors (Lipinski definition) is 5. The summed E-state index contributed by atoms with van der Waals surface area (Å²) in [6.45, 7) is 1.60. The van der Waals surface area contributed by atoms with Crippen molar-refractivity contribution in [3.05, 3.63) is 29.3 Å². The van der Waals surface area contributed by atoms with Crippen LogP contribution in [0.5, 0.6) is 0 Å². The number of nitrogens with zero attached hydrogens (tertiary/aromatic N) is 3. The van der Waals surface area contributed by atoms with Crippen molar-refractivity contribution in [3.63, 3.8) is 0 Å². The molecule has 0 aliphatic rings. The summed E-state index contributed by atoms with van der Waals surface area (Å²) in [5.41, 5.74) is 0.430. The molecule has 0 spiro atoms. The predicted molar refractivity (Wildman–Crippen MR) is 61.2 cm³/mol. The molecule has 0 amide bonds. The average molecular weight is 274 g/mol. The maximum Gasteiger partial charge on any atom is 0.267 e. The van der Waals surface area contributed by atoms with E-state index in [4.69, 9.17) is 11.6 Å². The standard InChI is InChI=1S/C8H8ClN5O2S/c1-5-6(4-11-13-5)17(15,16)14-8-10-3-2-7(9)12-8/h2-4H,1H3,(H,11,13)(H,10,12,14). The van der Waals surface area contributed by atoms with E-state index in [-0.39, 0.29) is 16.0 Å². The van der Waals surface area contributed by atoms with Gasteiger partial charge in [-0.05, 0) is 13.0 Å². The molecule has 0 bridgehead atoms. The number of sulfonamides is 1. The van der Waals surface area contributed by atoms with E-state index in [0.29, 0.717) is 5.69 Å². The van der Waals surface area contributed by atoms with Gasteiger partial charge >= 0.3 is 0 Å². The highest BCUT2D eigenvalue weighted by molar-refractivity contribution is 7.92. The molecule has 2 heterocycles. The highest BCUT2D eigenvalue weighted by atomic mass is 35.5. The van der Waals surface area contributed by atoms with Crippen LogP contribution in [0.3, 0.4) is 0 Å². The van der Waals surface area contributed by atoms with Gasteiger partial charge in [0.25, 0.3) is 10.0 Å². The van der Waals surface area contributed by atoms with Gasteiger partial charge in [0.05, 0.1) is 11.9 Å². The molecular formula is C8H8ClN5O2S. The van der Waals surface area contributed by atoms with Crippen molar-refractivity contribution in [2.75, 3.05) is 4.72 Å². The summed E-state index contributed by atoms with van der Waals surface area (Å²) >= 11 is 5.63. The molecule has 7 nitrogen and oxygen atoms in total. The fraction of sp³-hybridized carbons (Fsp3) is 0.125. The Kier molecular flexibility index (Phi) is 2.99. The maximum atomic E-state index is 11.9. The number of H-pyrrole nitrogens is 1. The first-order chi connectivity index (χ1) is 7.99. The van der Waals surface area contributed by atoms with Gasteiger partial charge in [-0.15, -0.1) is 0 Å². The van der Waals surface area contributed by atoms with E-state index in [1.807, 2.05) is 0 Å². The molecule has 0 unspecified atom stereocenters. The summed E-state index contributed by atoms with van der Waals surface area (Å²) in [5.74, 6) is -0.0851. The topological polar surface area (TPSA) is 101 Å². The Hall–Kier alpha value is -1.67. The van der Waals surface area contributed by atoms with Gasteiger partial charge in [-0.3, -0.25) is 5.10 Å². The third-order valence-corrected chi connectivity index (χ3v) is 3.57. The molecule has 2 N–H and O–H groups in total. The van der Waals surface area contributed by atoms with Gasteiger partial charge in [0.15, 0.2) is 0 Å². The SMILES string of the molecule is Cc1[nH]ncc1S(=O)(=O)Nc1nccc(Cl)n1. The molecule has 2 aromatic rings. The molecule has 0 radical (unpaired) electrons. The quantitative estimate of drug-likeness (QED) is 0.811. The number of aryl methyl sites for hydroxylation is 1. The van der Waals surface area contributed by atoms with Crippen molar-refractivity contribution >= 4 is 27.6 Å². The summed E-state index contributed by atoms with van der Waals surface area (Å²) in [4.78, 5) is 7.52. The van der Waals surface area contributed by atoms with Gasteiger partial charge in [0.2, 0.25) is 5.95 Å². The monoisotopic (exact) mass is 273 g/mol. The second-order valence-corrected chi connectivity index (χ2v) is 5.21. The lowest BCUT2D eigenvalue weighted by Crippen LogP contribution is -2.15. The lowest BCUT2D eigenvalue weighted by Gasteiger charge is -2.04. The Morgan fingerprint density at radius 1 is 1.47 bits per heavy atom. The first-order valence-corrected chi connectivity index (χ1v) is 6.36. The summed E-state index contributed by atoms with van der Waals surface area (Å²) in [6.07, 6.45) is 2.57. The van der Waals surface area contributed by atoms with Gasteiger partial charge in [-0.1, -0.05) is 11.6 Å². The third-order valence-electron chi connectivity index (χ3n) is 1.92. The summed E-state index contributed by atoms with van der Waals surface area (Å²) in [7, 11) is -3.74. The van der Waals surface area contributed by atoms with Crippen LogP contribution in [0.1, 0.15) is 5.69 Å². The Bertz CT molecular complexity index is 639. The van der Waals surface area contributed by atoms with Crippen LogP contribution in [-0.2, 0) is 10.0 Å². The fourth-order valence-corrected chi connectivity index (χ4v) is 2.40. The van der Waals surface area contributed by atoms with Crippen LogP contribution in [-0.4, -0.2) is 28.6 Å². The minimum Gasteiger partial charge on any atom is -0.281 e. The largest absolute Gasteiger partial charge is 0.281 e. The molecule has 9 heteroatoms. The molecule has 0 aliphatic carbocycles. The van der Waals surface area contributed by atoms with Gasteiger partial charge in [0.1, 0.15) is 10.0 Å². The first-order valence-electron chi connectivity index (χ1n) is 4.50. The number of hydrogen-bond donors (Lipinski definition) is 2. The Morgan fingerprint density at radius 3 is 2.82 bits per heavy atom. The summed E-state index contributed by atoms with van der Waals surface area (Å²) in [6, 6.07) is 1.45. The van der Waals surface area contributed by atoms with Gasteiger partial charge in [0, 0.05) is 6.20 Å². The molecule has 0 saturated heterocycles. The molecular weight excluding hydrogens is 266 g/mol. The second kappa shape index (κ2) is 4.30. The lowest BCUT2D eigenvalue weighted by molar-refractivity contribution is 0.600. The Morgan fingerprint density at radius 2 is 2.24 bits per heavy atom. The molecule has 2 rings (SSSR count). The van der Waals surface area contributed by atoms with E-state index in [2.05, 4.69) is 24.9 Å². The lowest BCUT2D eigenvalue weighted by atomic mass is 10.5. The van der Waals surface area contributed by atoms with Crippen LogP contribution in [0.15, 0.2) is 23.4 Å². The van der Waals surface area contributed by atoms with Gasteiger partial charge < -0.3 is 0 Å². The van der Waals surface area contributed by atoms with Crippen molar-refractivity contribution in [1.29, 1.82) is 0 Å². The Labute approximate surface area is 102 Å². The zero-order valence-corrected chi connectivity index (χ0v) is 10.2. The number of nitrogens with one attached hydrogen (secondary N) is 2. The van der Waals surface area contributed by atoms with Crippen molar-refractivity contribution in [3.8, 4) is 0 Å². The molecule has 0 atom stereocenters. The molecule has 2 aromatic heterocycles. The molecule has 0 saturated carbocycles. The van der Waals surface area contributed by atoms with Crippen molar-refractivity contribution < 1.29 is 8.42 Å². The molecule has 90 valence electrons. The molecule has 0 aromatic carbocycles. The van der Waals surface area contributed by atoms with E-state index in [1.54, 1.807) is 6.92 Å². The van der Waals surface area contributed by atoms with Crippen LogP contribution in [0.4, 0.5) is 5.95 Å². The van der Waals surface area contributed by atoms with Crippen molar-refractivity contribution in [2.45, 2.75) is 11.8 Å². The zero-order valence-electron chi connectivity index (χ0n) is 8.68. The smallest absolute Gasteiger partial charge is 0.267 e. The fourth-order valence-electron chi connectivity index (χ4n) is 1.17. The van der Waals surface area contributed by atoms with E-state index < -0.39 is 10.0 Å². The van der Waals surface area contributed by atoms with E-state index in [1.165, 1.54) is 18.5 Å². The Balaban J connectivity index is 2.33. The van der Waals surface area contributed by atoms with Gasteiger partial charge in [-0.25, -0.2) is 23.1 Å². The van der Waals surface area contributed by atoms with Crippen LogP contribution >= 0.6 is 11.6 Å². The average Bonchev–Trinajstić information content (AvgIpc) is 2.64. The highest BCUT2D eigenvalue weighted by Gasteiger charge is 2.19. The highest BCUT2D eigenvalue weighted by Crippen LogP contribution is 2.15. The third kappa shape index (κ3) is 2.53. The minimum atomic E-state index is -3.74. The number of aromatic amines is 1. The van der Waals surface area contributed by atoms with Crippen LogP contribution in [0, 0.1) is 6.92 Å². The minimum absolute atomic E-state index is 0.0427. The van der Waals surface area contributed by atoms with Crippen LogP contribution in [0.25, 0.3) is 0 Å². The molecule has 0 fully saturated rings. The normalized spacial score (nSPS) is 11.4. The van der Waals surface area contributed by atoms with Gasteiger partial charge in [-0.2, -0.15) is 5.10 Å². The predicted octanol–water partition coefficient (Wildman–Crippen LogP) is 0.962. The number of rotatable bonds is 3. The number of halogens is 1. The van der Waals surface area contributed by atoms with Crippen LogP contribution in [0.2, 0.25) is 5.15 Å².